The van der Waals surface area contributed by atoms with Crippen molar-refractivity contribution < 1.29 is 19.7 Å². The second-order valence-electron chi connectivity index (χ2n) is 2.46. The van der Waals surface area contributed by atoms with Crippen molar-refractivity contribution in [2.24, 2.45) is 0 Å². The van der Waals surface area contributed by atoms with Crippen molar-refractivity contribution >= 4 is 25.3 Å². The number of benzene rings is 1. The van der Waals surface area contributed by atoms with Gasteiger partial charge in [0.05, 0.1) is 24.0 Å². The van der Waals surface area contributed by atoms with E-state index in [9.17, 15) is 10.2 Å². The van der Waals surface area contributed by atoms with Crippen molar-refractivity contribution in [3.05, 3.63) is 0 Å². The van der Waals surface area contributed by atoms with E-state index < -0.39 is 0 Å². The quantitative estimate of drug-likeness (QED) is 0.464. The number of ether oxygens (including phenoxy) is 2. The Morgan fingerprint density at radius 2 is 1.14 bits per heavy atom. The van der Waals surface area contributed by atoms with E-state index in [-0.39, 0.29) is 32.8 Å². The van der Waals surface area contributed by atoms with Gasteiger partial charge < -0.3 is 19.7 Å². The standard InChI is InChI=1S/C8H10O4S2/c1-11-5-6(12-2)8(14)4(10)3(9)7(5)13/h9-10,13-14H,1-2H3. The van der Waals surface area contributed by atoms with Crippen molar-refractivity contribution in [3.63, 3.8) is 0 Å². The predicted octanol–water partition coefficient (Wildman–Crippen LogP) is 1.69. The minimum absolute atomic E-state index is 0.111. The normalized spacial score (nSPS) is 10.0. The van der Waals surface area contributed by atoms with Crippen molar-refractivity contribution in [1.29, 1.82) is 0 Å². The number of thiol groups is 2. The van der Waals surface area contributed by atoms with E-state index in [4.69, 9.17) is 9.47 Å². The van der Waals surface area contributed by atoms with Crippen molar-refractivity contribution in [2.75, 3.05) is 14.2 Å². The van der Waals surface area contributed by atoms with Gasteiger partial charge in [-0.15, -0.1) is 25.3 Å². The Hall–Kier alpha value is -0.880. The molecule has 0 aliphatic rings. The zero-order valence-corrected chi connectivity index (χ0v) is 9.39. The monoisotopic (exact) mass is 234 g/mol. The first-order valence-electron chi connectivity index (χ1n) is 3.62. The number of aromatic hydroxyl groups is 2. The third-order valence-electron chi connectivity index (χ3n) is 1.72. The van der Waals surface area contributed by atoms with Gasteiger partial charge in [0, 0.05) is 0 Å². The molecule has 2 N–H and O–H groups in total. The van der Waals surface area contributed by atoms with E-state index in [1.165, 1.54) is 14.2 Å². The molecule has 0 aromatic heterocycles. The van der Waals surface area contributed by atoms with Crippen LogP contribution in [0.15, 0.2) is 9.79 Å². The zero-order chi connectivity index (χ0) is 10.9. The third kappa shape index (κ3) is 1.55. The fourth-order valence-electron chi connectivity index (χ4n) is 1.03. The summed E-state index contributed by atoms with van der Waals surface area (Å²) in [5.41, 5.74) is 0. The minimum Gasteiger partial charge on any atom is -0.503 e. The van der Waals surface area contributed by atoms with E-state index in [0.717, 1.165) is 0 Å². The summed E-state index contributed by atoms with van der Waals surface area (Å²) in [6.45, 7) is 0. The molecule has 78 valence electrons. The SMILES string of the molecule is COc1c(S)c(O)c(O)c(S)c1OC. The number of phenols is 2. The molecule has 0 bridgehead atoms. The molecule has 1 rings (SSSR count). The summed E-state index contributed by atoms with van der Waals surface area (Å²) >= 11 is 7.97. The van der Waals surface area contributed by atoms with E-state index in [0.29, 0.717) is 0 Å². The topological polar surface area (TPSA) is 58.9 Å². The molecule has 0 heterocycles. The highest BCUT2D eigenvalue weighted by molar-refractivity contribution is 7.81. The molecule has 14 heavy (non-hydrogen) atoms. The maximum atomic E-state index is 9.41. The molecule has 0 spiro atoms. The molecular weight excluding hydrogens is 224 g/mol. The second kappa shape index (κ2) is 4.10. The Kier molecular flexibility index (Phi) is 3.28. The van der Waals surface area contributed by atoms with Gasteiger partial charge >= 0.3 is 0 Å². The van der Waals surface area contributed by atoms with Crippen LogP contribution < -0.4 is 9.47 Å². The Morgan fingerprint density at radius 3 is 1.36 bits per heavy atom. The van der Waals surface area contributed by atoms with Gasteiger partial charge in [0.25, 0.3) is 0 Å². The van der Waals surface area contributed by atoms with Crippen LogP contribution >= 0.6 is 25.3 Å². The molecule has 0 amide bonds. The molecule has 0 unspecified atom stereocenters. The number of methoxy groups -OCH3 is 2. The van der Waals surface area contributed by atoms with Gasteiger partial charge in [0.1, 0.15) is 0 Å². The van der Waals surface area contributed by atoms with Crippen LogP contribution in [0.2, 0.25) is 0 Å². The van der Waals surface area contributed by atoms with E-state index in [1.54, 1.807) is 0 Å². The lowest BCUT2D eigenvalue weighted by Gasteiger charge is -2.14. The van der Waals surface area contributed by atoms with Crippen molar-refractivity contribution in [3.8, 4) is 23.0 Å². The Morgan fingerprint density at radius 1 is 0.857 bits per heavy atom. The molecular formula is C8H10O4S2. The smallest absolute Gasteiger partial charge is 0.179 e. The lowest BCUT2D eigenvalue weighted by atomic mass is 10.2. The average molecular weight is 234 g/mol. The van der Waals surface area contributed by atoms with Crippen molar-refractivity contribution in [1.82, 2.24) is 0 Å². The first kappa shape index (κ1) is 11.2. The Balaban J connectivity index is 3.57. The molecule has 0 radical (unpaired) electrons. The summed E-state index contributed by atoms with van der Waals surface area (Å²) in [5.74, 6) is -0.292. The molecule has 1 aromatic carbocycles. The number of hydrogen-bond acceptors (Lipinski definition) is 6. The van der Waals surface area contributed by atoms with Crippen LogP contribution in [-0.4, -0.2) is 24.4 Å². The summed E-state index contributed by atoms with van der Waals surface area (Å²) in [6, 6.07) is 0. The van der Waals surface area contributed by atoms with Gasteiger partial charge in [-0.3, -0.25) is 0 Å². The van der Waals surface area contributed by atoms with Gasteiger partial charge in [0.2, 0.25) is 0 Å². The van der Waals surface area contributed by atoms with Crippen LogP contribution in [0.25, 0.3) is 0 Å². The second-order valence-corrected chi connectivity index (χ2v) is 3.36. The van der Waals surface area contributed by atoms with Crippen LogP contribution in [0.3, 0.4) is 0 Å². The summed E-state index contributed by atoms with van der Waals surface area (Å²) in [6.07, 6.45) is 0. The van der Waals surface area contributed by atoms with Gasteiger partial charge in [-0.1, -0.05) is 0 Å². The Labute approximate surface area is 92.3 Å². The maximum Gasteiger partial charge on any atom is 0.179 e. The van der Waals surface area contributed by atoms with Gasteiger partial charge in [-0.05, 0) is 0 Å². The van der Waals surface area contributed by atoms with Crippen molar-refractivity contribution in [2.45, 2.75) is 9.79 Å². The molecule has 0 aliphatic heterocycles. The zero-order valence-electron chi connectivity index (χ0n) is 7.61. The minimum atomic E-state index is -0.379. The molecule has 6 heteroatoms. The lowest BCUT2D eigenvalue weighted by molar-refractivity contribution is 0.319. The van der Waals surface area contributed by atoms with E-state index in [1.807, 2.05) is 0 Å². The van der Waals surface area contributed by atoms with Crippen LogP contribution in [0.1, 0.15) is 0 Å². The predicted molar refractivity (Wildman–Crippen MR) is 57.4 cm³/mol. The maximum absolute atomic E-state index is 9.41. The highest BCUT2D eigenvalue weighted by atomic mass is 32.1. The highest BCUT2D eigenvalue weighted by Crippen LogP contribution is 2.50. The van der Waals surface area contributed by atoms with Gasteiger partial charge in [-0.2, -0.15) is 0 Å². The van der Waals surface area contributed by atoms with Crippen LogP contribution in [0, 0.1) is 0 Å². The molecule has 0 saturated carbocycles. The first-order valence-corrected chi connectivity index (χ1v) is 4.51. The van der Waals surface area contributed by atoms with Gasteiger partial charge in [-0.25, -0.2) is 0 Å². The summed E-state index contributed by atoms with van der Waals surface area (Å²) in [7, 11) is 2.81. The number of rotatable bonds is 2. The third-order valence-corrected chi connectivity index (χ3v) is 2.55. The fourth-order valence-corrected chi connectivity index (χ4v) is 1.63. The number of phenolic OH excluding ortho intramolecular Hbond substituents is 2. The average Bonchev–Trinajstić information content (AvgIpc) is 2.20. The van der Waals surface area contributed by atoms with Crippen LogP contribution in [0.4, 0.5) is 0 Å². The molecule has 0 saturated heterocycles. The molecule has 0 fully saturated rings. The largest absolute Gasteiger partial charge is 0.503 e. The highest BCUT2D eigenvalue weighted by Gasteiger charge is 2.21. The van der Waals surface area contributed by atoms with Crippen LogP contribution in [-0.2, 0) is 0 Å². The molecule has 1 aromatic rings. The van der Waals surface area contributed by atoms with E-state index >= 15 is 0 Å². The fraction of sp³-hybridized carbons (Fsp3) is 0.250. The number of hydrogen-bond donors (Lipinski definition) is 4. The molecule has 0 aliphatic carbocycles. The van der Waals surface area contributed by atoms with Gasteiger partial charge in [0.15, 0.2) is 23.0 Å². The summed E-state index contributed by atoms with van der Waals surface area (Å²) in [4.78, 5) is 0.222. The molecule has 4 nitrogen and oxygen atoms in total. The summed E-state index contributed by atoms with van der Waals surface area (Å²) < 4.78 is 9.92. The molecule has 0 atom stereocenters. The first-order chi connectivity index (χ1) is 6.54. The summed E-state index contributed by atoms with van der Waals surface area (Å²) in [5, 5.41) is 18.8. The Bertz CT molecular complexity index is 330. The lowest BCUT2D eigenvalue weighted by Crippen LogP contribution is -1.94. The van der Waals surface area contributed by atoms with Crippen LogP contribution in [0.5, 0.6) is 23.0 Å². The van der Waals surface area contributed by atoms with E-state index in [2.05, 4.69) is 25.3 Å².